The zero-order valence-electron chi connectivity index (χ0n) is 16.3. The maximum Gasteiger partial charge on any atom is 0.353 e. The fourth-order valence-electron chi connectivity index (χ4n) is 2.61. The van der Waals surface area contributed by atoms with Crippen molar-refractivity contribution in [3.05, 3.63) is 60.7 Å². The van der Waals surface area contributed by atoms with Gasteiger partial charge in [0.25, 0.3) is 5.91 Å². The molecule has 11 heteroatoms. The molecule has 0 aliphatic rings. The van der Waals surface area contributed by atoms with Crippen LogP contribution in [0.4, 0.5) is 5.82 Å². The second-order valence-electron chi connectivity index (χ2n) is 6.14. The highest BCUT2D eigenvalue weighted by molar-refractivity contribution is 7.52. The highest BCUT2D eigenvalue weighted by Crippen LogP contribution is 2.41. The second-order valence-corrected chi connectivity index (χ2v) is 7.93. The number of nitrogens with one attached hydrogen (secondary N) is 1. The highest BCUT2D eigenvalue weighted by Gasteiger charge is 2.17. The van der Waals surface area contributed by atoms with Gasteiger partial charge in [-0.2, -0.15) is 0 Å². The first-order valence-electron chi connectivity index (χ1n) is 9.21. The van der Waals surface area contributed by atoms with Gasteiger partial charge in [0.05, 0.1) is 19.5 Å². The van der Waals surface area contributed by atoms with E-state index in [9.17, 15) is 14.3 Å². The summed E-state index contributed by atoms with van der Waals surface area (Å²) in [5.74, 6) is 0.0463. The number of carbonyl (C=O) groups excluding carboxylic acids is 1. The first-order valence-corrected chi connectivity index (χ1v) is 11.0. The average Bonchev–Trinajstić information content (AvgIpc) is 3.15. The van der Waals surface area contributed by atoms with Crippen LogP contribution in [-0.4, -0.2) is 49.9 Å². The molecule has 0 saturated heterocycles. The van der Waals surface area contributed by atoms with Crippen LogP contribution in [0, 0.1) is 0 Å². The molecule has 1 unspecified atom stereocenters. The smallest absolute Gasteiger partial charge is 0.353 e. The highest BCUT2D eigenvalue weighted by atomic mass is 31.2. The minimum atomic E-state index is -3.68. The van der Waals surface area contributed by atoms with E-state index in [1.165, 1.54) is 6.33 Å². The normalized spacial score (nSPS) is 13.5. The monoisotopic (exact) mass is 431 g/mol. The van der Waals surface area contributed by atoms with Crippen LogP contribution in [0.3, 0.4) is 0 Å². The van der Waals surface area contributed by atoms with Crippen molar-refractivity contribution in [2.24, 2.45) is 0 Å². The fraction of sp³-hybridized carbons (Fsp3) is 0.263. The molecule has 3 aromatic rings. The summed E-state index contributed by atoms with van der Waals surface area (Å²) in [6, 6.07) is 8.82. The molecule has 0 aliphatic carbocycles. The number of hydrogen-bond acceptors (Lipinski definition) is 7. The van der Waals surface area contributed by atoms with E-state index in [0.717, 1.165) is 0 Å². The van der Waals surface area contributed by atoms with Gasteiger partial charge >= 0.3 is 7.60 Å². The van der Waals surface area contributed by atoms with E-state index in [-0.39, 0.29) is 25.5 Å². The molecule has 0 aliphatic heterocycles. The number of amides is 1. The van der Waals surface area contributed by atoms with E-state index in [4.69, 9.17) is 9.26 Å². The van der Waals surface area contributed by atoms with E-state index >= 15 is 0 Å². The van der Waals surface area contributed by atoms with Gasteiger partial charge in [0.1, 0.15) is 12.7 Å². The summed E-state index contributed by atoms with van der Waals surface area (Å²) in [4.78, 5) is 34.5. The Kier molecular flexibility index (Phi) is 7.42. The quantitative estimate of drug-likeness (QED) is 0.285. The lowest BCUT2D eigenvalue weighted by Gasteiger charge is -2.09. The molecule has 2 N–H and O–H groups in total. The number of aromatic nitrogens is 4. The van der Waals surface area contributed by atoms with E-state index in [0.29, 0.717) is 29.1 Å². The Balaban J connectivity index is 1.60. The molecule has 30 heavy (non-hydrogen) atoms. The Morgan fingerprint density at radius 2 is 2.03 bits per heavy atom. The average molecular weight is 431 g/mol. The number of anilines is 1. The molecule has 1 aromatic carbocycles. The predicted molar refractivity (Wildman–Crippen MR) is 111 cm³/mol. The molecule has 0 fully saturated rings. The van der Waals surface area contributed by atoms with Crippen molar-refractivity contribution < 1.29 is 23.5 Å². The molecule has 0 saturated carbocycles. The van der Waals surface area contributed by atoms with Crippen molar-refractivity contribution in [2.75, 3.05) is 24.9 Å². The predicted octanol–water partition coefficient (Wildman–Crippen LogP) is 2.83. The molecular weight excluding hydrogens is 409 g/mol. The third kappa shape index (κ3) is 5.80. The third-order valence-electron chi connectivity index (χ3n) is 3.94. The van der Waals surface area contributed by atoms with Gasteiger partial charge in [-0.3, -0.25) is 9.36 Å². The van der Waals surface area contributed by atoms with Crippen LogP contribution >= 0.6 is 7.60 Å². The molecular formula is C19H22N5O5P. The topological polar surface area (TPSA) is 128 Å². The number of hydrogen-bond donors (Lipinski definition) is 2. The van der Waals surface area contributed by atoms with Gasteiger partial charge in [-0.15, -0.1) is 0 Å². The van der Waals surface area contributed by atoms with Crippen molar-refractivity contribution >= 4 is 30.5 Å². The van der Waals surface area contributed by atoms with Gasteiger partial charge in [0, 0.05) is 12.1 Å². The Bertz CT molecular complexity index is 1070. The van der Waals surface area contributed by atoms with Crippen LogP contribution in [0.5, 0.6) is 0 Å². The molecule has 2 aromatic heterocycles. The standard InChI is InChI=1S/C19H22N5O5P/c1-2-29-30(26,27)14-28-11-7-6-10-24-13-22-16-17(20-12-21-18(16)24)23-19(25)15-8-4-3-5-9-15/h3-9,12-13H,2,10-11,14H2,1H3,(H,26,27)(H,20,21,23,25)/b7-6-. The van der Waals surface area contributed by atoms with Crippen LogP contribution in [0.15, 0.2) is 55.1 Å². The SMILES string of the molecule is CCOP(=O)(O)COC/C=C\Cn1cnc2c(NC(=O)c3ccccc3)ncnc21. The van der Waals surface area contributed by atoms with Crippen LogP contribution < -0.4 is 5.32 Å². The van der Waals surface area contributed by atoms with Crippen LogP contribution in [0.2, 0.25) is 0 Å². The van der Waals surface area contributed by atoms with Crippen molar-refractivity contribution in [2.45, 2.75) is 13.5 Å². The van der Waals surface area contributed by atoms with E-state index < -0.39 is 7.60 Å². The van der Waals surface area contributed by atoms with Gasteiger partial charge in [0.2, 0.25) is 0 Å². The Labute approximate surface area is 173 Å². The summed E-state index contributed by atoms with van der Waals surface area (Å²) in [6.45, 7) is 2.40. The van der Waals surface area contributed by atoms with Crippen LogP contribution in [0.1, 0.15) is 17.3 Å². The molecule has 3 rings (SSSR count). The summed E-state index contributed by atoms with van der Waals surface area (Å²) >= 11 is 0. The molecule has 10 nitrogen and oxygen atoms in total. The van der Waals surface area contributed by atoms with Gasteiger partial charge in [-0.05, 0) is 19.1 Å². The molecule has 0 spiro atoms. The molecule has 2 heterocycles. The van der Waals surface area contributed by atoms with Crippen LogP contribution in [-0.2, 0) is 20.4 Å². The van der Waals surface area contributed by atoms with E-state index in [1.807, 2.05) is 12.1 Å². The third-order valence-corrected chi connectivity index (χ3v) is 5.11. The minimum Gasteiger partial charge on any atom is -0.365 e. The number of allylic oxidation sites excluding steroid dienone is 1. The summed E-state index contributed by atoms with van der Waals surface area (Å²) in [5.41, 5.74) is 1.56. The number of imidazole rings is 1. The summed E-state index contributed by atoms with van der Waals surface area (Å²) in [5, 5.41) is 2.76. The van der Waals surface area contributed by atoms with Crippen molar-refractivity contribution in [1.29, 1.82) is 0 Å². The van der Waals surface area contributed by atoms with E-state index in [2.05, 4.69) is 20.3 Å². The van der Waals surface area contributed by atoms with Crippen molar-refractivity contribution in [3.8, 4) is 0 Å². The number of benzene rings is 1. The summed E-state index contributed by atoms with van der Waals surface area (Å²) in [7, 11) is -3.68. The molecule has 1 amide bonds. The Hall–Kier alpha value is -2.91. The fourth-order valence-corrected chi connectivity index (χ4v) is 3.42. The van der Waals surface area contributed by atoms with Gasteiger partial charge in [-0.25, -0.2) is 15.0 Å². The summed E-state index contributed by atoms with van der Waals surface area (Å²) in [6.07, 6.45) is 6.13. The molecule has 0 radical (unpaired) electrons. The van der Waals surface area contributed by atoms with Crippen LogP contribution in [0.25, 0.3) is 11.2 Å². The number of fused-ring (bicyclic) bond motifs is 1. The van der Waals surface area contributed by atoms with Gasteiger partial charge in [-0.1, -0.05) is 30.4 Å². The zero-order chi connectivity index (χ0) is 21.4. The number of carbonyl (C=O) groups is 1. The lowest BCUT2D eigenvalue weighted by molar-refractivity contribution is 0.102. The number of nitrogens with zero attached hydrogens (tertiary/aromatic N) is 4. The Morgan fingerprint density at radius 3 is 2.80 bits per heavy atom. The zero-order valence-corrected chi connectivity index (χ0v) is 17.2. The lowest BCUT2D eigenvalue weighted by atomic mass is 10.2. The number of rotatable bonds is 10. The first-order chi connectivity index (χ1) is 14.5. The van der Waals surface area contributed by atoms with Gasteiger partial charge < -0.3 is 24.0 Å². The largest absolute Gasteiger partial charge is 0.365 e. The van der Waals surface area contributed by atoms with Gasteiger partial charge in [0.15, 0.2) is 17.0 Å². The maximum absolute atomic E-state index is 12.4. The maximum atomic E-state index is 12.4. The van der Waals surface area contributed by atoms with Crippen molar-refractivity contribution in [3.63, 3.8) is 0 Å². The molecule has 158 valence electrons. The Morgan fingerprint density at radius 1 is 1.23 bits per heavy atom. The first kappa shape index (κ1) is 21.8. The van der Waals surface area contributed by atoms with E-state index in [1.54, 1.807) is 48.2 Å². The lowest BCUT2D eigenvalue weighted by Crippen LogP contribution is -2.13. The number of ether oxygens (including phenoxy) is 1. The molecule has 0 bridgehead atoms. The molecule has 1 atom stereocenters. The summed E-state index contributed by atoms with van der Waals surface area (Å²) < 4.78 is 23.1. The second kappa shape index (κ2) is 10.2. The van der Waals surface area contributed by atoms with Crippen molar-refractivity contribution in [1.82, 2.24) is 19.5 Å². The minimum absolute atomic E-state index is 0.149.